The van der Waals surface area contributed by atoms with Crippen molar-refractivity contribution in [3.05, 3.63) is 22.7 Å². The number of rotatable bonds is 3. The Labute approximate surface area is 97.9 Å². The maximum atomic E-state index is 11.4. The number of halogens is 1. The first-order chi connectivity index (χ1) is 7.04. The quantitative estimate of drug-likeness (QED) is 0.918. The SMILES string of the molecule is COc1cc(NC(=O)C(C)C)ccc1Br. The van der Waals surface area contributed by atoms with Gasteiger partial charge in [-0.15, -0.1) is 0 Å². The summed E-state index contributed by atoms with van der Waals surface area (Å²) in [5.74, 6) is 0.676. The van der Waals surface area contributed by atoms with E-state index in [0.29, 0.717) is 5.75 Å². The number of carbonyl (C=O) groups excluding carboxylic acids is 1. The maximum absolute atomic E-state index is 11.4. The normalized spacial score (nSPS) is 10.2. The van der Waals surface area contributed by atoms with Gasteiger partial charge >= 0.3 is 0 Å². The monoisotopic (exact) mass is 271 g/mol. The van der Waals surface area contributed by atoms with Crippen LogP contribution in [-0.4, -0.2) is 13.0 Å². The Morgan fingerprint density at radius 2 is 2.13 bits per heavy atom. The number of amides is 1. The molecular formula is C11H14BrNO2. The van der Waals surface area contributed by atoms with E-state index in [1.165, 1.54) is 0 Å². The zero-order valence-corrected chi connectivity index (χ0v) is 10.6. The number of methoxy groups -OCH3 is 1. The van der Waals surface area contributed by atoms with Crippen LogP contribution in [0.25, 0.3) is 0 Å². The Hall–Kier alpha value is -1.03. The zero-order chi connectivity index (χ0) is 11.4. The second-order valence-corrected chi connectivity index (χ2v) is 4.35. The van der Waals surface area contributed by atoms with Gasteiger partial charge in [-0.25, -0.2) is 0 Å². The zero-order valence-electron chi connectivity index (χ0n) is 9.00. The molecule has 0 aromatic heterocycles. The topological polar surface area (TPSA) is 38.3 Å². The van der Waals surface area contributed by atoms with Gasteiger partial charge in [0.15, 0.2) is 0 Å². The van der Waals surface area contributed by atoms with Gasteiger partial charge in [-0.3, -0.25) is 4.79 Å². The average molecular weight is 272 g/mol. The highest BCUT2D eigenvalue weighted by Crippen LogP contribution is 2.27. The molecule has 1 N–H and O–H groups in total. The molecule has 0 aliphatic carbocycles. The van der Waals surface area contributed by atoms with E-state index in [-0.39, 0.29) is 11.8 Å². The van der Waals surface area contributed by atoms with Gasteiger partial charge < -0.3 is 10.1 Å². The van der Waals surface area contributed by atoms with E-state index in [4.69, 9.17) is 4.74 Å². The number of anilines is 1. The van der Waals surface area contributed by atoms with E-state index in [0.717, 1.165) is 10.2 Å². The summed E-state index contributed by atoms with van der Waals surface area (Å²) in [6, 6.07) is 5.45. The van der Waals surface area contributed by atoms with Crippen molar-refractivity contribution in [2.45, 2.75) is 13.8 Å². The summed E-state index contributed by atoms with van der Waals surface area (Å²) in [6.45, 7) is 3.71. The molecule has 0 radical (unpaired) electrons. The highest BCUT2D eigenvalue weighted by Gasteiger charge is 2.08. The molecule has 1 amide bonds. The fraction of sp³-hybridized carbons (Fsp3) is 0.364. The van der Waals surface area contributed by atoms with Crippen molar-refractivity contribution in [2.75, 3.05) is 12.4 Å². The van der Waals surface area contributed by atoms with Crippen LogP contribution in [0.15, 0.2) is 22.7 Å². The molecule has 0 heterocycles. The van der Waals surface area contributed by atoms with Crippen LogP contribution in [-0.2, 0) is 4.79 Å². The van der Waals surface area contributed by atoms with Crippen LogP contribution in [0.1, 0.15) is 13.8 Å². The minimum atomic E-state index is -0.0281. The van der Waals surface area contributed by atoms with Crippen LogP contribution in [0.3, 0.4) is 0 Å². The van der Waals surface area contributed by atoms with Gasteiger partial charge in [0, 0.05) is 17.7 Å². The molecule has 1 aromatic rings. The molecule has 3 nitrogen and oxygen atoms in total. The molecule has 0 spiro atoms. The van der Waals surface area contributed by atoms with Gasteiger partial charge in [0.05, 0.1) is 11.6 Å². The standard InChI is InChI=1S/C11H14BrNO2/c1-7(2)11(14)13-8-4-5-9(12)10(6-8)15-3/h4-7H,1-3H3,(H,13,14). The maximum Gasteiger partial charge on any atom is 0.226 e. The summed E-state index contributed by atoms with van der Waals surface area (Å²) in [5, 5.41) is 2.80. The van der Waals surface area contributed by atoms with Crippen LogP contribution < -0.4 is 10.1 Å². The van der Waals surface area contributed by atoms with E-state index in [9.17, 15) is 4.79 Å². The molecule has 1 aromatic carbocycles. The van der Waals surface area contributed by atoms with Crippen molar-refractivity contribution in [3.8, 4) is 5.75 Å². The molecule has 0 fully saturated rings. The number of benzene rings is 1. The van der Waals surface area contributed by atoms with Gasteiger partial charge in [-0.05, 0) is 28.1 Å². The lowest BCUT2D eigenvalue weighted by molar-refractivity contribution is -0.118. The largest absolute Gasteiger partial charge is 0.495 e. The van der Waals surface area contributed by atoms with Crippen LogP contribution >= 0.6 is 15.9 Å². The summed E-state index contributed by atoms with van der Waals surface area (Å²) in [7, 11) is 1.59. The first kappa shape index (κ1) is 12.0. The second-order valence-electron chi connectivity index (χ2n) is 3.49. The summed E-state index contributed by atoms with van der Waals surface area (Å²) in [4.78, 5) is 11.4. The minimum Gasteiger partial charge on any atom is -0.495 e. The summed E-state index contributed by atoms with van der Waals surface area (Å²) < 4.78 is 6.00. The molecule has 0 aliphatic rings. The number of hydrogen-bond acceptors (Lipinski definition) is 2. The Morgan fingerprint density at radius 1 is 1.47 bits per heavy atom. The van der Waals surface area contributed by atoms with E-state index in [1.807, 2.05) is 26.0 Å². The fourth-order valence-electron chi connectivity index (χ4n) is 1.02. The molecule has 0 bridgehead atoms. The Morgan fingerprint density at radius 3 is 2.67 bits per heavy atom. The first-order valence-electron chi connectivity index (χ1n) is 4.69. The number of carbonyl (C=O) groups is 1. The van der Waals surface area contributed by atoms with Gasteiger partial charge in [0.25, 0.3) is 0 Å². The Bertz CT molecular complexity index is 364. The molecular weight excluding hydrogens is 258 g/mol. The van der Waals surface area contributed by atoms with Crippen LogP contribution in [0, 0.1) is 5.92 Å². The number of ether oxygens (including phenoxy) is 1. The number of hydrogen-bond donors (Lipinski definition) is 1. The molecule has 82 valence electrons. The van der Waals surface area contributed by atoms with E-state index in [2.05, 4.69) is 21.2 Å². The Balaban J connectivity index is 2.83. The van der Waals surface area contributed by atoms with Crippen LogP contribution in [0.2, 0.25) is 0 Å². The van der Waals surface area contributed by atoms with Crippen molar-refractivity contribution in [2.24, 2.45) is 5.92 Å². The number of nitrogens with one attached hydrogen (secondary N) is 1. The molecule has 0 saturated heterocycles. The van der Waals surface area contributed by atoms with E-state index < -0.39 is 0 Å². The highest BCUT2D eigenvalue weighted by molar-refractivity contribution is 9.10. The predicted octanol–water partition coefficient (Wildman–Crippen LogP) is 3.05. The smallest absolute Gasteiger partial charge is 0.226 e. The van der Waals surface area contributed by atoms with Crippen molar-refractivity contribution < 1.29 is 9.53 Å². The summed E-state index contributed by atoms with van der Waals surface area (Å²) in [5.41, 5.74) is 0.744. The molecule has 15 heavy (non-hydrogen) atoms. The lowest BCUT2D eigenvalue weighted by Gasteiger charge is -2.09. The Kier molecular flexibility index (Phi) is 4.15. The lowest BCUT2D eigenvalue weighted by Crippen LogP contribution is -2.17. The second kappa shape index (κ2) is 5.16. The highest BCUT2D eigenvalue weighted by atomic mass is 79.9. The van der Waals surface area contributed by atoms with E-state index >= 15 is 0 Å². The third-order valence-corrected chi connectivity index (χ3v) is 2.60. The van der Waals surface area contributed by atoms with Crippen molar-refractivity contribution in [3.63, 3.8) is 0 Å². The third-order valence-electron chi connectivity index (χ3n) is 1.94. The van der Waals surface area contributed by atoms with Crippen molar-refractivity contribution in [1.82, 2.24) is 0 Å². The van der Waals surface area contributed by atoms with Gasteiger partial charge in [0.2, 0.25) is 5.91 Å². The van der Waals surface area contributed by atoms with Gasteiger partial charge in [-0.1, -0.05) is 13.8 Å². The lowest BCUT2D eigenvalue weighted by atomic mass is 10.2. The minimum absolute atomic E-state index is 0.000578. The van der Waals surface area contributed by atoms with Crippen molar-refractivity contribution in [1.29, 1.82) is 0 Å². The van der Waals surface area contributed by atoms with Crippen LogP contribution in [0.5, 0.6) is 5.75 Å². The van der Waals surface area contributed by atoms with Gasteiger partial charge in [0.1, 0.15) is 5.75 Å². The molecule has 0 atom stereocenters. The molecule has 0 aliphatic heterocycles. The summed E-state index contributed by atoms with van der Waals surface area (Å²) in [6.07, 6.45) is 0. The van der Waals surface area contributed by atoms with Gasteiger partial charge in [-0.2, -0.15) is 0 Å². The first-order valence-corrected chi connectivity index (χ1v) is 5.48. The molecule has 4 heteroatoms. The van der Waals surface area contributed by atoms with Crippen LogP contribution in [0.4, 0.5) is 5.69 Å². The third kappa shape index (κ3) is 3.23. The fourth-order valence-corrected chi connectivity index (χ4v) is 1.43. The van der Waals surface area contributed by atoms with Crippen molar-refractivity contribution >= 4 is 27.5 Å². The molecule has 0 saturated carbocycles. The molecule has 0 unspecified atom stereocenters. The summed E-state index contributed by atoms with van der Waals surface area (Å²) >= 11 is 3.35. The average Bonchev–Trinajstić information content (AvgIpc) is 2.20. The van der Waals surface area contributed by atoms with E-state index in [1.54, 1.807) is 13.2 Å². The molecule has 1 rings (SSSR count). The predicted molar refractivity (Wildman–Crippen MR) is 64.2 cm³/mol.